The summed E-state index contributed by atoms with van der Waals surface area (Å²) in [6.07, 6.45) is 3.90. The molecule has 15 heavy (non-hydrogen) atoms. The summed E-state index contributed by atoms with van der Waals surface area (Å²) in [5.74, 6) is 0. The van der Waals surface area contributed by atoms with Crippen molar-refractivity contribution in [2.45, 2.75) is 39.2 Å². The van der Waals surface area contributed by atoms with Crippen molar-refractivity contribution in [3.63, 3.8) is 0 Å². The molecule has 1 aliphatic rings. The minimum atomic E-state index is 0.463. The Morgan fingerprint density at radius 2 is 2.13 bits per heavy atom. The molecule has 0 aromatic rings. The monoisotopic (exact) mass is 215 g/mol. The highest BCUT2D eigenvalue weighted by atomic mass is 16.5. The summed E-state index contributed by atoms with van der Waals surface area (Å²) in [5, 5.41) is 3.55. The van der Waals surface area contributed by atoms with Gasteiger partial charge in [0.1, 0.15) is 0 Å². The van der Waals surface area contributed by atoms with Crippen molar-refractivity contribution < 1.29 is 9.47 Å². The van der Waals surface area contributed by atoms with Crippen molar-refractivity contribution in [2.75, 3.05) is 33.5 Å². The van der Waals surface area contributed by atoms with Gasteiger partial charge in [0.15, 0.2) is 0 Å². The van der Waals surface area contributed by atoms with E-state index in [1.165, 1.54) is 19.3 Å². The number of ether oxygens (including phenoxy) is 2. The standard InChI is InChI=1S/C12H25NO2/c1-4-15-9-11(2)13-10-12(5-6-12)7-8-14-3/h11,13H,4-10H2,1-3H3. The first-order valence-corrected chi connectivity index (χ1v) is 6.02. The molecular formula is C12H25NO2. The molecule has 1 N–H and O–H groups in total. The van der Waals surface area contributed by atoms with Gasteiger partial charge in [-0.2, -0.15) is 0 Å². The lowest BCUT2D eigenvalue weighted by Gasteiger charge is -2.19. The van der Waals surface area contributed by atoms with E-state index in [0.29, 0.717) is 11.5 Å². The molecule has 0 radical (unpaired) electrons. The number of nitrogens with one attached hydrogen (secondary N) is 1. The van der Waals surface area contributed by atoms with E-state index in [1.54, 1.807) is 7.11 Å². The van der Waals surface area contributed by atoms with Crippen molar-refractivity contribution in [3.05, 3.63) is 0 Å². The van der Waals surface area contributed by atoms with Crippen molar-refractivity contribution in [2.24, 2.45) is 5.41 Å². The molecule has 1 rings (SSSR count). The van der Waals surface area contributed by atoms with Gasteiger partial charge in [0, 0.05) is 32.9 Å². The SMILES string of the molecule is CCOCC(C)NCC1(CCOC)CC1. The molecule has 1 aliphatic carbocycles. The molecule has 1 atom stereocenters. The van der Waals surface area contributed by atoms with Gasteiger partial charge < -0.3 is 14.8 Å². The third kappa shape index (κ3) is 4.96. The molecule has 1 fully saturated rings. The molecule has 0 aliphatic heterocycles. The van der Waals surface area contributed by atoms with Crippen LogP contribution >= 0.6 is 0 Å². The van der Waals surface area contributed by atoms with E-state index >= 15 is 0 Å². The van der Waals surface area contributed by atoms with E-state index in [1.807, 2.05) is 6.92 Å². The Kier molecular flexibility index (Phi) is 5.58. The summed E-state index contributed by atoms with van der Waals surface area (Å²) < 4.78 is 10.5. The summed E-state index contributed by atoms with van der Waals surface area (Å²) in [7, 11) is 1.78. The van der Waals surface area contributed by atoms with E-state index in [9.17, 15) is 0 Å². The molecule has 1 unspecified atom stereocenters. The first kappa shape index (κ1) is 12.9. The maximum Gasteiger partial charge on any atom is 0.0616 e. The zero-order chi connectivity index (χ0) is 11.1. The molecule has 3 heteroatoms. The van der Waals surface area contributed by atoms with Crippen LogP contribution in [-0.2, 0) is 9.47 Å². The number of hydrogen-bond donors (Lipinski definition) is 1. The van der Waals surface area contributed by atoms with Crippen LogP contribution < -0.4 is 5.32 Å². The molecule has 90 valence electrons. The summed E-state index contributed by atoms with van der Waals surface area (Å²) >= 11 is 0. The summed E-state index contributed by atoms with van der Waals surface area (Å²) in [6.45, 7) is 7.85. The predicted octanol–water partition coefficient (Wildman–Crippen LogP) is 1.82. The van der Waals surface area contributed by atoms with Crippen molar-refractivity contribution in [1.29, 1.82) is 0 Å². The summed E-state index contributed by atoms with van der Waals surface area (Å²) in [6, 6.07) is 0.463. The minimum Gasteiger partial charge on any atom is -0.385 e. The molecule has 1 saturated carbocycles. The van der Waals surface area contributed by atoms with Crippen molar-refractivity contribution in [3.8, 4) is 0 Å². The fourth-order valence-corrected chi connectivity index (χ4v) is 1.75. The molecule has 0 bridgehead atoms. The first-order valence-electron chi connectivity index (χ1n) is 6.02. The van der Waals surface area contributed by atoms with Crippen LogP contribution in [0.3, 0.4) is 0 Å². The quantitative estimate of drug-likeness (QED) is 0.636. The highest BCUT2D eigenvalue weighted by molar-refractivity contribution is 4.95. The fraction of sp³-hybridized carbons (Fsp3) is 1.00. The Hall–Kier alpha value is -0.120. The lowest BCUT2D eigenvalue weighted by molar-refractivity contribution is 0.122. The molecule has 0 amide bonds. The van der Waals surface area contributed by atoms with Crippen LogP contribution in [0.15, 0.2) is 0 Å². The Morgan fingerprint density at radius 1 is 1.40 bits per heavy atom. The van der Waals surface area contributed by atoms with Gasteiger partial charge >= 0.3 is 0 Å². The molecule has 0 heterocycles. The zero-order valence-electron chi connectivity index (χ0n) is 10.3. The highest BCUT2D eigenvalue weighted by Gasteiger charge is 2.41. The maximum absolute atomic E-state index is 5.37. The topological polar surface area (TPSA) is 30.5 Å². The van der Waals surface area contributed by atoms with Gasteiger partial charge in [-0.15, -0.1) is 0 Å². The molecule has 0 aromatic heterocycles. The second-order valence-electron chi connectivity index (χ2n) is 4.68. The Balaban J connectivity index is 2.07. The lowest BCUT2D eigenvalue weighted by atomic mass is 10.0. The third-order valence-electron chi connectivity index (χ3n) is 3.19. The normalized spacial score (nSPS) is 20.2. The van der Waals surface area contributed by atoms with Crippen molar-refractivity contribution >= 4 is 0 Å². The predicted molar refractivity (Wildman–Crippen MR) is 62.1 cm³/mol. The second-order valence-corrected chi connectivity index (χ2v) is 4.68. The largest absolute Gasteiger partial charge is 0.385 e. The lowest BCUT2D eigenvalue weighted by Crippen LogP contribution is -2.35. The number of rotatable bonds is 9. The van der Waals surface area contributed by atoms with Gasteiger partial charge in [0.05, 0.1) is 6.61 Å². The van der Waals surface area contributed by atoms with Crippen molar-refractivity contribution in [1.82, 2.24) is 5.32 Å². The van der Waals surface area contributed by atoms with Crippen LogP contribution in [0, 0.1) is 5.41 Å². The first-order chi connectivity index (χ1) is 7.22. The highest BCUT2D eigenvalue weighted by Crippen LogP contribution is 2.48. The van der Waals surface area contributed by atoms with Crippen LogP contribution in [0.5, 0.6) is 0 Å². The Labute approximate surface area is 93.5 Å². The third-order valence-corrected chi connectivity index (χ3v) is 3.19. The average molecular weight is 215 g/mol. The van der Waals surface area contributed by atoms with Crippen LogP contribution in [0.4, 0.5) is 0 Å². The Bertz CT molecular complexity index is 169. The molecule has 0 aromatic carbocycles. The number of hydrogen-bond acceptors (Lipinski definition) is 3. The minimum absolute atomic E-state index is 0.463. The van der Waals surface area contributed by atoms with E-state index in [4.69, 9.17) is 9.47 Å². The van der Waals surface area contributed by atoms with E-state index < -0.39 is 0 Å². The fourth-order valence-electron chi connectivity index (χ4n) is 1.75. The van der Waals surface area contributed by atoms with Gasteiger partial charge in [0.25, 0.3) is 0 Å². The van der Waals surface area contributed by atoms with Crippen LogP contribution in [0.25, 0.3) is 0 Å². The van der Waals surface area contributed by atoms with Gasteiger partial charge in [-0.3, -0.25) is 0 Å². The second kappa shape index (κ2) is 6.46. The smallest absolute Gasteiger partial charge is 0.0616 e. The molecule has 0 spiro atoms. The van der Waals surface area contributed by atoms with Gasteiger partial charge in [-0.1, -0.05) is 0 Å². The number of methoxy groups -OCH3 is 1. The van der Waals surface area contributed by atoms with Gasteiger partial charge in [-0.05, 0) is 38.5 Å². The maximum atomic E-state index is 5.37. The zero-order valence-corrected chi connectivity index (χ0v) is 10.3. The molecular weight excluding hydrogens is 190 g/mol. The average Bonchev–Trinajstić information content (AvgIpc) is 3.01. The summed E-state index contributed by atoms with van der Waals surface area (Å²) in [4.78, 5) is 0. The van der Waals surface area contributed by atoms with E-state index in [0.717, 1.165) is 26.4 Å². The van der Waals surface area contributed by atoms with Crippen LogP contribution in [0.2, 0.25) is 0 Å². The summed E-state index contributed by atoms with van der Waals surface area (Å²) in [5.41, 5.74) is 0.538. The van der Waals surface area contributed by atoms with Gasteiger partial charge in [-0.25, -0.2) is 0 Å². The van der Waals surface area contributed by atoms with Crippen LogP contribution in [-0.4, -0.2) is 39.5 Å². The van der Waals surface area contributed by atoms with E-state index in [-0.39, 0.29) is 0 Å². The Morgan fingerprint density at radius 3 is 2.67 bits per heavy atom. The van der Waals surface area contributed by atoms with Crippen LogP contribution in [0.1, 0.15) is 33.1 Å². The van der Waals surface area contributed by atoms with E-state index in [2.05, 4.69) is 12.2 Å². The molecule has 3 nitrogen and oxygen atoms in total. The molecule has 0 saturated heterocycles. The van der Waals surface area contributed by atoms with Gasteiger partial charge in [0.2, 0.25) is 0 Å².